The molecule has 0 aliphatic rings. The summed E-state index contributed by atoms with van der Waals surface area (Å²) in [5.41, 5.74) is 5.79. The molecule has 1 heterocycles. The van der Waals surface area contributed by atoms with Gasteiger partial charge in [0.25, 0.3) is 0 Å². The standard InChI is InChI=1S/C21H31N7O5/c1-21(2,22)20(32)24-16(14-33-13-15-7-4-3-5-8-15)19-25-26-27-28(19)12-6-9-17(29)23-11-10-18(30)31/h3-5,7-8,16H,6,9-14,22H2,1-2H3,(H,23,29)(H,24,32)(H,30,31)/t16-/m1/s1. The third kappa shape index (κ3) is 9.33. The molecule has 0 aliphatic heterocycles. The lowest BCUT2D eigenvalue weighted by Gasteiger charge is -2.23. The Labute approximate surface area is 191 Å². The number of nitrogens with zero attached hydrogens (tertiary/aromatic N) is 4. The van der Waals surface area contributed by atoms with Gasteiger partial charge >= 0.3 is 5.97 Å². The van der Waals surface area contributed by atoms with Crippen molar-refractivity contribution >= 4 is 17.8 Å². The molecule has 2 rings (SSSR count). The third-order valence-corrected chi connectivity index (χ3v) is 4.59. The second kappa shape index (κ2) is 12.6. The highest BCUT2D eigenvalue weighted by Gasteiger charge is 2.28. The predicted octanol–water partition coefficient (Wildman–Crippen LogP) is 0.156. The van der Waals surface area contributed by atoms with E-state index in [-0.39, 0.29) is 37.8 Å². The molecule has 2 amide bonds. The van der Waals surface area contributed by atoms with E-state index in [9.17, 15) is 14.4 Å². The first-order valence-corrected chi connectivity index (χ1v) is 10.6. The van der Waals surface area contributed by atoms with Gasteiger partial charge in [0.2, 0.25) is 11.8 Å². The minimum absolute atomic E-state index is 0.0754. The van der Waals surface area contributed by atoms with Crippen molar-refractivity contribution in [2.75, 3.05) is 13.2 Å². The van der Waals surface area contributed by atoms with Crippen LogP contribution in [0.3, 0.4) is 0 Å². The Morgan fingerprint density at radius 3 is 2.61 bits per heavy atom. The summed E-state index contributed by atoms with van der Waals surface area (Å²) in [6.45, 7) is 4.05. The van der Waals surface area contributed by atoms with Crippen molar-refractivity contribution in [3.05, 3.63) is 41.7 Å². The third-order valence-electron chi connectivity index (χ3n) is 4.59. The highest BCUT2D eigenvalue weighted by atomic mass is 16.5. The van der Waals surface area contributed by atoms with Crippen molar-refractivity contribution in [3.63, 3.8) is 0 Å². The van der Waals surface area contributed by atoms with Crippen molar-refractivity contribution in [1.82, 2.24) is 30.8 Å². The Balaban J connectivity index is 1.98. The zero-order valence-electron chi connectivity index (χ0n) is 18.9. The molecule has 180 valence electrons. The SMILES string of the molecule is CC(C)(N)C(=O)N[C@H](COCc1ccccc1)c1nnnn1CCCC(=O)NCCC(=O)O. The van der Waals surface area contributed by atoms with Gasteiger partial charge in [-0.25, -0.2) is 4.68 Å². The average molecular weight is 462 g/mol. The van der Waals surface area contributed by atoms with Crippen LogP contribution in [0.1, 0.15) is 50.5 Å². The highest BCUT2D eigenvalue weighted by Crippen LogP contribution is 2.14. The quantitative estimate of drug-likeness (QED) is 0.305. The number of carboxylic acids is 1. The summed E-state index contributed by atoms with van der Waals surface area (Å²) in [7, 11) is 0. The number of benzene rings is 1. The van der Waals surface area contributed by atoms with Crippen LogP contribution >= 0.6 is 0 Å². The fourth-order valence-corrected chi connectivity index (χ4v) is 2.80. The number of nitrogens with one attached hydrogen (secondary N) is 2. The van der Waals surface area contributed by atoms with Crippen molar-refractivity contribution in [3.8, 4) is 0 Å². The van der Waals surface area contributed by atoms with E-state index in [0.29, 0.717) is 25.4 Å². The van der Waals surface area contributed by atoms with Crippen LogP contribution in [-0.4, -0.2) is 61.8 Å². The van der Waals surface area contributed by atoms with Gasteiger partial charge in [0.05, 0.1) is 25.2 Å². The number of carboxylic acid groups (broad SMARTS) is 1. The first kappa shape index (κ1) is 25.9. The van der Waals surface area contributed by atoms with E-state index in [1.54, 1.807) is 13.8 Å². The van der Waals surface area contributed by atoms with Crippen LogP contribution in [0.2, 0.25) is 0 Å². The second-order valence-corrected chi connectivity index (χ2v) is 8.11. The molecule has 0 bridgehead atoms. The molecule has 0 saturated carbocycles. The summed E-state index contributed by atoms with van der Waals surface area (Å²) < 4.78 is 7.31. The summed E-state index contributed by atoms with van der Waals surface area (Å²) in [5.74, 6) is -1.24. The first-order valence-electron chi connectivity index (χ1n) is 10.6. The topological polar surface area (TPSA) is 174 Å². The number of aryl methyl sites for hydroxylation is 1. The molecule has 0 radical (unpaired) electrons. The molecular formula is C21H31N7O5. The van der Waals surface area contributed by atoms with Gasteiger partial charge in [0, 0.05) is 19.5 Å². The van der Waals surface area contributed by atoms with E-state index in [1.165, 1.54) is 4.68 Å². The van der Waals surface area contributed by atoms with Crippen LogP contribution < -0.4 is 16.4 Å². The van der Waals surface area contributed by atoms with Gasteiger partial charge < -0.3 is 26.2 Å². The summed E-state index contributed by atoms with van der Waals surface area (Å²) >= 11 is 0. The van der Waals surface area contributed by atoms with Crippen molar-refractivity contribution in [2.45, 2.75) is 57.8 Å². The maximum Gasteiger partial charge on any atom is 0.305 e. The number of ether oxygens (including phenoxy) is 1. The molecule has 0 saturated heterocycles. The lowest BCUT2D eigenvalue weighted by molar-refractivity contribution is -0.137. The first-order chi connectivity index (χ1) is 15.7. The van der Waals surface area contributed by atoms with E-state index in [1.807, 2.05) is 30.3 Å². The summed E-state index contributed by atoms with van der Waals surface area (Å²) in [4.78, 5) is 34.9. The lowest BCUT2D eigenvalue weighted by Crippen LogP contribution is -2.51. The number of aliphatic carboxylic acids is 1. The summed E-state index contributed by atoms with van der Waals surface area (Å²) in [5, 5.41) is 25.7. The predicted molar refractivity (Wildman–Crippen MR) is 118 cm³/mol. The summed E-state index contributed by atoms with van der Waals surface area (Å²) in [6.07, 6.45) is 0.464. The molecule has 1 aromatic carbocycles. The van der Waals surface area contributed by atoms with E-state index in [0.717, 1.165) is 5.56 Å². The number of tetrazole rings is 1. The fourth-order valence-electron chi connectivity index (χ4n) is 2.80. The maximum atomic E-state index is 12.5. The molecule has 0 fully saturated rings. The van der Waals surface area contributed by atoms with Crippen molar-refractivity contribution in [1.29, 1.82) is 0 Å². The van der Waals surface area contributed by atoms with Crippen LogP contribution in [0, 0.1) is 0 Å². The number of carbonyl (C=O) groups excluding carboxylic acids is 2. The van der Waals surface area contributed by atoms with Gasteiger partial charge in [-0.15, -0.1) is 5.10 Å². The van der Waals surface area contributed by atoms with E-state index >= 15 is 0 Å². The molecular weight excluding hydrogens is 430 g/mol. The van der Waals surface area contributed by atoms with Gasteiger partial charge in [-0.1, -0.05) is 30.3 Å². The van der Waals surface area contributed by atoms with Gasteiger partial charge in [-0.05, 0) is 36.3 Å². The number of rotatable bonds is 14. The smallest absolute Gasteiger partial charge is 0.305 e. The molecule has 12 heteroatoms. The largest absolute Gasteiger partial charge is 0.481 e. The van der Waals surface area contributed by atoms with Crippen LogP contribution in [0.5, 0.6) is 0 Å². The number of hydrogen-bond donors (Lipinski definition) is 4. The van der Waals surface area contributed by atoms with Crippen LogP contribution in [0.4, 0.5) is 0 Å². The molecule has 12 nitrogen and oxygen atoms in total. The van der Waals surface area contributed by atoms with E-state index in [4.69, 9.17) is 15.6 Å². The number of nitrogens with two attached hydrogens (primary N) is 1. The van der Waals surface area contributed by atoms with Crippen LogP contribution in [0.25, 0.3) is 0 Å². The highest BCUT2D eigenvalue weighted by molar-refractivity contribution is 5.85. The minimum atomic E-state index is -1.11. The minimum Gasteiger partial charge on any atom is -0.481 e. The summed E-state index contributed by atoms with van der Waals surface area (Å²) in [6, 6.07) is 8.95. The van der Waals surface area contributed by atoms with E-state index in [2.05, 4.69) is 26.2 Å². The Bertz CT molecular complexity index is 911. The Hall–Kier alpha value is -3.38. The lowest BCUT2D eigenvalue weighted by atomic mass is 10.1. The van der Waals surface area contributed by atoms with Gasteiger partial charge in [0.15, 0.2) is 5.82 Å². The average Bonchev–Trinajstić information content (AvgIpc) is 3.21. The van der Waals surface area contributed by atoms with Crippen molar-refractivity contribution in [2.24, 2.45) is 5.73 Å². The number of hydrogen-bond acceptors (Lipinski definition) is 8. The molecule has 1 aromatic heterocycles. The number of aromatic nitrogens is 4. The Morgan fingerprint density at radius 1 is 1.21 bits per heavy atom. The normalized spacial score (nSPS) is 12.2. The molecule has 2 aromatic rings. The molecule has 0 aliphatic carbocycles. The molecule has 0 unspecified atom stereocenters. The number of amides is 2. The molecule has 5 N–H and O–H groups in total. The van der Waals surface area contributed by atoms with Crippen LogP contribution in [0.15, 0.2) is 30.3 Å². The second-order valence-electron chi connectivity index (χ2n) is 8.11. The zero-order valence-corrected chi connectivity index (χ0v) is 18.9. The molecule has 0 spiro atoms. The van der Waals surface area contributed by atoms with Gasteiger partial charge in [-0.3, -0.25) is 14.4 Å². The maximum absolute atomic E-state index is 12.5. The van der Waals surface area contributed by atoms with E-state index < -0.39 is 17.6 Å². The van der Waals surface area contributed by atoms with Gasteiger partial charge in [-0.2, -0.15) is 0 Å². The zero-order chi connectivity index (χ0) is 24.3. The van der Waals surface area contributed by atoms with Crippen LogP contribution in [-0.2, 0) is 32.3 Å². The molecule has 33 heavy (non-hydrogen) atoms. The Kier molecular flexibility index (Phi) is 9.88. The fraction of sp³-hybridized carbons (Fsp3) is 0.524. The van der Waals surface area contributed by atoms with Gasteiger partial charge in [0.1, 0.15) is 6.04 Å². The number of carbonyl (C=O) groups is 3. The Morgan fingerprint density at radius 2 is 1.94 bits per heavy atom. The molecule has 1 atom stereocenters. The van der Waals surface area contributed by atoms with Crippen molar-refractivity contribution < 1.29 is 24.2 Å². The monoisotopic (exact) mass is 461 g/mol.